The molecule has 0 fully saturated rings. The first-order valence-corrected chi connectivity index (χ1v) is 6.55. The minimum absolute atomic E-state index is 0.290. The normalized spacial score (nSPS) is 11.7. The summed E-state index contributed by atoms with van der Waals surface area (Å²) in [6.45, 7) is 1.87. The molecule has 1 aromatic heterocycles. The number of nitrogens with one attached hydrogen (secondary N) is 1. The van der Waals surface area contributed by atoms with Crippen molar-refractivity contribution in [1.82, 2.24) is 5.43 Å². The third kappa shape index (κ3) is 2.60. The maximum Gasteiger partial charge on any atom is 0.283 e. The van der Waals surface area contributed by atoms with E-state index >= 15 is 0 Å². The van der Waals surface area contributed by atoms with Crippen LogP contribution in [0.3, 0.4) is 0 Å². The van der Waals surface area contributed by atoms with Crippen molar-refractivity contribution in [3.8, 4) is 0 Å². The number of nitrogens with zero attached hydrogens (tertiary/aromatic N) is 1. The number of hydrogen-bond acceptors (Lipinski definition) is 3. The molecule has 0 saturated heterocycles. The predicted octanol–water partition coefficient (Wildman–Crippen LogP) is 3.85. The van der Waals surface area contributed by atoms with Gasteiger partial charge in [0.1, 0.15) is 4.88 Å². The molecular formula is C13H11ClN2OS. The summed E-state index contributed by atoms with van der Waals surface area (Å²) in [5.74, 6) is -0.290. The first-order valence-electron chi connectivity index (χ1n) is 5.35. The molecule has 1 aromatic carbocycles. The summed E-state index contributed by atoms with van der Waals surface area (Å²) in [7, 11) is 0. The second kappa shape index (κ2) is 5.80. The van der Waals surface area contributed by atoms with Crippen LogP contribution in [-0.2, 0) is 0 Å². The van der Waals surface area contributed by atoms with E-state index in [1.54, 1.807) is 6.08 Å². The lowest BCUT2D eigenvalue weighted by atomic mass is 10.2. The molecule has 2 aromatic rings. The number of amides is 1. The highest BCUT2D eigenvalue weighted by atomic mass is 35.5. The van der Waals surface area contributed by atoms with Crippen molar-refractivity contribution in [2.24, 2.45) is 5.10 Å². The van der Waals surface area contributed by atoms with Crippen molar-refractivity contribution in [1.29, 1.82) is 0 Å². The molecule has 1 heterocycles. The van der Waals surface area contributed by atoms with Gasteiger partial charge in [0.05, 0.1) is 5.02 Å². The molecule has 1 amide bonds. The van der Waals surface area contributed by atoms with Gasteiger partial charge in [-0.1, -0.05) is 35.9 Å². The number of allylic oxidation sites excluding steroid dienone is 2. The smallest absolute Gasteiger partial charge is 0.266 e. The average Bonchev–Trinajstić information content (AvgIpc) is 2.73. The van der Waals surface area contributed by atoms with E-state index in [0.29, 0.717) is 9.90 Å². The molecule has 18 heavy (non-hydrogen) atoms. The molecule has 2 rings (SSSR count). The van der Waals surface area contributed by atoms with Gasteiger partial charge in [-0.3, -0.25) is 4.79 Å². The Morgan fingerprint density at radius 2 is 2.22 bits per heavy atom. The van der Waals surface area contributed by atoms with E-state index in [0.717, 1.165) is 10.1 Å². The van der Waals surface area contributed by atoms with E-state index in [1.165, 1.54) is 17.6 Å². The van der Waals surface area contributed by atoms with E-state index in [9.17, 15) is 4.79 Å². The van der Waals surface area contributed by atoms with E-state index in [2.05, 4.69) is 10.5 Å². The van der Waals surface area contributed by atoms with Crippen molar-refractivity contribution in [2.75, 3.05) is 0 Å². The highest BCUT2D eigenvalue weighted by Gasteiger charge is 2.15. The van der Waals surface area contributed by atoms with Gasteiger partial charge in [-0.15, -0.1) is 11.3 Å². The standard InChI is InChI=1S/C13H11ClN2OS/c1-2-3-8-15-16-13(17)12-11(14)9-6-4-5-7-10(9)18-12/h2-8H,1H3,(H,16,17)/b3-2+,15-8+. The summed E-state index contributed by atoms with van der Waals surface area (Å²) in [4.78, 5) is 12.4. The quantitative estimate of drug-likeness (QED) is 0.672. The summed E-state index contributed by atoms with van der Waals surface area (Å²) in [6, 6.07) is 7.65. The van der Waals surface area contributed by atoms with Gasteiger partial charge in [0.2, 0.25) is 0 Å². The number of rotatable bonds is 3. The summed E-state index contributed by atoms with van der Waals surface area (Å²) in [6.07, 6.45) is 5.06. The highest BCUT2D eigenvalue weighted by Crippen LogP contribution is 2.34. The fourth-order valence-electron chi connectivity index (χ4n) is 1.44. The zero-order valence-corrected chi connectivity index (χ0v) is 11.3. The maximum absolute atomic E-state index is 11.9. The highest BCUT2D eigenvalue weighted by molar-refractivity contribution is 7.21. The molecule has 5 heteroatoms. The van der Waals surface area contributed by atoms with Gasteiger partial charge in [0.15, 0.2) is 0 Å². The second-order valence-electron chi connectivity index (χ2n) is 3.49. The summed E-state index contributed by atoms with van der Waals surface area (Å²) < 4.78 is 0.991. The zero-order valence-electron chi connectivity index (χ0n) is 9.68. The third-order valence-electron chi connectivity index (χ3n) is 2.26. The number of benzene rings is 1. The average molecular weight is 279 g/mol. The second-order valence-corrected chi connectivity index (χ2v) is 4.92. The lowest BCUT2D eigenvalue weighted by molar-refractivity contribution is 0.0959. The lowest BCUT2D eigenvalue weighted by Crippen LogP contribution is -2.16. The molecule has 92 valence electrons. The van der Waals surface area contributed by atoms with E-state index < -0.39 is 0 Å². The molecule has 0 atom stereocenters. The van der Waals surface area contributed by atoms with Crippen LogP contribution in [0.15, 0.2) is 41.5 Å². The van der Waals surface area contributed by atoms with Crippen molar-refractivity contribution in [3.05, 3.63) is 46.3 Å². The van der Waals surface area contributed by atoms with Gasteiger partial charge < -0.3 is 0 Å². The van der Waals surface area contributed by atoms with Crippen LogP contribution in [0.1, 0.15) is 16.6 Å². The number of hydrazone groups is 1. The molecule has 3 nitrogen and oxygen atoms in total. The number of carbonyl (C=O) groups is 1. The van der Waals surface area contributed by atoms with E-state index in [-0.39, 0.29) is 5.91 Å². The molecule has 0 unspecified atom stereocenters. The van der Waals surface area contributed by atoms with Gasteiger partial charge >= 0.3 is 0 Å². The molecule has 0 spiro atoms. The summed E-state index contributed by atoms with van der Waals surface area (Å²) in [5.41, 5.74) is 2.44. The maximum atomic E-state index is 11.9. The van der Waals surface area contributed by atoms with Crippen LogP contribution < -0.4 is 5.43 Å². The Balaban J connectivity index is 2.25. The molecule has 0 aliphatic rings. The van der Waals surface area contributed by atoms with E-state index in [1.807, 2.05) is 37.3 Å². The SMILES string of the molecule is C/C=C/C=N/NC(=O)c1sc2ccccc2c1Cl. The number of fused-ring (bicyclic) bond motifs is 1. The van der Waals surface area contributed by atoms with Crippen LogP contribution >= 0.6 is 22.9 Å². The molecule has 0 saturated carbocycles. The Morgan fingerprint density at radius 1 is 1.44 bits per heavy atom. The fraction of sp³-hybridized carbons (Fsp3) is 0.0769. The molecular weight excluding hydrogens is 268 g/mol. The van der Waals surface area contributed by atoms with Crippen molar-refractivity contribution in [2.45, 2.75) is 6.92 Å². The van der Waals surface area contributed by atoms with Gasteiger partial charge in [0.25, 0.3) is 5.91 Å². The number of carbonyl (C=O) groups excluding carboxylic acids is 1. The van der Waals surface area contributed by atoms with Crippen molar-refractivity contribution >= 4 is 45.1 Å². The van der Waals surface area contributed by atoms with Gasteiger partial charge in [-0.2, -0.15) is 5.10 Å². The summed E-state index contributed by atoms with van der Waals surface area (Å²) in [5, 5.41) is 5.16. The predicted molar refractivity (Wildman–Crippen MR) is 77.6 cm³/mol. The Hall–Kier alpha value is -1.65. The van der Waals surface area contributed by atoms with Gasteiger partial charge in [-0.25, -0.2) is 5.43 Å². The number of hydrogen-bond donors (Lipinski definition) is 1. The third-order valence-corrected chi connectivity index (χ3v) is 3.93. The van der Waals surface area contributed by atoms with Crippen LogP contribution in [0.4, 0.5) is 0 Å². The minimum atomic E-state index is -0.290. The first-order chi connectivity index (χ1) is 8.74. The van der Waals surface area contributed by atoms with Crippen LogP contribution in [-0.4, -0.2) is 12.1 Å². The molecule has 0 bridgehead atoms. The minimum Gasteiger partial charge on any atom is -0.266 e. The van der Waals surface area contributed by atoms with Crippen LogP contribution in [0.2, 0.25) is 5.02 Å². The Labute approximate surface area is 114 Å². The molecule has 0 aliphatic heterocycles. The van der Waals surface area contributed by atoms with Crippen LogP contribution in [0.5, 0.6) is 0 Å². The Bertz CT molecular complexity index is 631. The van der Waals surface area contributed by atoms with Gasteiger partial charge in [-0.05, 0) is 19.1 Å². The monoisotopic (exact) mass is 278 g/mol. The van der Waals surface area contributed by atoms with Gasteiger partial charge in [0, 0.05) is 16.3 Å². The van der Waals surface area contributed by atoms with Crippen LogP contribution in [0, 0.1) is 0 Å². The zero-order chi connectivity index (χ0) is 13.0. The lowest BCUT2D eigenvalue weighted by Gasteiger charge is -1.95. The first kappa shape index (κ1) is 12.8. The Kier molecular flexibility index (Phi) is 4.12. The summed E-state index contributed by atoms with van der Waals surface area (Å²) >= 11 is 7.54. The number of thiophene rings is 1. The Morgan fingerprint density at radius 3 is 2.94 bits per heavy atom. The fourth-order valence-corrected chi connectivity index (χ4v) is 2.84. The van der Waals surface area contributed by atoms with Crippen molar-refractivity contribution in [3.63, 3.8) is 0 Å². The number of halogens is 1. The van der Waals surface area contributed by atoms with Crippen LogP contribution in [0.25, 0.3) is 10.1 Å². The molecule has 0 radical (unpaired) electrons. The largest absolute Gasteiger partial charge is 0.283 e. The van der Waals surface area contributed by atoms with Crippen molar-refractivity contribution < 1.29 is 4.79 Å². The topological polar surface area (TPSA) is 41.5 Å². The molecule has 0 aliphatic carbocycles. The molecule has 1 N–H and O–H groups in total. The van der Waals surface area contributed by atoms with E-state index in [4.69, 9.17) is 11.6 Å².